The Morgan fingerprint density at radius 1 is 1.50 bits per heavy atom. The molecule has 0 amide bonds. The summed E-state index contributed by atoms with van der Waals surface area (Å²) >= 11 is 0. The number of hydrogen-bond donors (Lipinski definition) is 0. The Labute approximate surface area is 109 Å². The van der Waals surface area contributed by atoms with E-state index in [1.165, 1.54) is 0 Å². The zero-order valence-corrected chi connectivity index (χ0v) is 12.6. The summed E-state index contributed by atoms with van der Waals surface area (Å²) in [5.41, 5.74) is 3.18. The van der Waals surface area contributed by atoms with Crippen LogP contribution >= 0.6 is 0 Å². The summed E-state index contributed by atoms with van der Waals surface area (Å²) < 4.78 is 11.1. The van der Waals surface area contributed by atoms with Gasteiger partial charge in [0.15, 0.2) is 5.79 Å². The molecule has 1 aliphatic rings. The van der Waals surface area contributed by atoms with Crippen molar-refractivity contribution in [3.05, 3.63) is 10.1 Å². The first kappa shape index (κ1) is 15.2. The maximum absolute atomic E-state index is 10.7. The molecule has 6 heteroatoms. The highest BCUT2D eigenvalue weighted by Crippen LogP contribution is 2.26. The van der Waals surface area contributed by atoms with Gasteiger partial charge in [0.05, 0.1) is 6.61 Å². The van der Waals surface area contributed by atoms with Gasteiger partial charge >= 0.3 is 0 Å². The van der Waals surface area contributed by atoms with Gasteiger partial charge in [-0.05, 0) is 13.8 Å². The van der Waals surface area contributed by atoms with Gasteiger partial charge in [0.2, 0.25) is 6.54 Å². The molecule has 0 aliphatic carbocycles. The van der Waals surface area contributed by atoms with Crippen LogP contribution in [0, 0.1) is 27.5 Å². The lowest BCUT2D eigenvalue weighted by molar-refractivity contribution is -0.487. The fraction of sp³-hybridized carbons (Fsp3) is 0.833. The summed E-state index contributed by atoms with van der Waals surface area (Å²) in [6.45, 7) is 10.1. The second kappa shape index (κ2) is 5.39. The summed E-state index contributed by atoms with van der Waals surface area (Å²) in [5, 5.41) is 10.7. The molecule has 0 saturated carbocycles. The van der Waals surface area contributed by atoms with Crippen LogP contribution < -0.4 is 0 Å². The van der Waals surface area contributed by atoms with Crippen LogP contribution in [0.15, 0.2) is 0 Å². The molecule has 5 nitrogen and oxygen atoms in total. The van der Waals surface area contributed by atoms with Crippen LogP contribution in [0.25, 0.3) is 0 Å². The lowest BCUT2D eigenvalue weighted by Crippen LogP contribution is -2.31. The predicted molar refractivity (Wildman–Crippen MR) is 71.4 cm³/mol. The van der Waals surface area contributed by atoms with Crippen LogP contribution in [0.5, 0.6) is 0 Å². The maximum atomic E-state index is 10.7. The highest BCUT2D eigenvalue weighted by Gasteiger charge is 2.38. The van der Waals surface area contributed by atoms with Crippen molar-refractivity contribution in [3.8, 4) is 11.5 Å². The number of nitrogens with zero attached hydrogens (tertiary/aromatic N) is 1. The van der Waals surface area contributed by atoms with E-state index in [1.807, 2.05) is 13.8 Å². The summed E-state index contributed by atoms with van der Waals surface area (Å²) in [4.78, 5) is 10.4. The number of ether oxygens (including phenoxy) is 2. The van der Waals surface area contributed by atoms with Gasteiger partial charge in [-0.15, -0.1) is 5.54 Å². The summed E-state index contributed by atoms with van der Waals surface area (Å²) in [6.07, 6.45) is -0.311. The van der Waals surface area contributed by atoms with Crippen LogP contribution in [-0.2, 0) is 9.47 Å². The molecule has 18 heavy (non-hydrogen) atoms. The number of nitro groups is 1. The van der Waals surface area contributed by atoms with Crippen molar-refractivity contribution in [1.29, 1.82) is 0 Å². The smallest absolute Gasteiger partial charge is 0.220 e. The van der Waals surface area contributed by atoms with E-state index in [0.29, 0.717) is 6.61 Å². The Balaban J connectivity index is 2.79. The van der Waals surface area contributed by atoms with Gasteiger partial charge in [-0.25, -0.2) is 0 Å². The molecule has 0 radical (unpaired) electrons. The van der Waals surface area contributed by atoms with Gasteiger partial charge in [0.25, 0.3) is 0 Å². The third-order valence-corrected chi connectivity index (χ3v) is 3.35. The highest BCUT2D eigenvalue weighted by molar-refractivity contribution is 6.83. The van der Waals surface area contributed by atoms with Gasteiger partial charge in [-0.1, -0.05) is 25.6 Å². The van der Waals surface area contributed by atoms with Crippen molar-refractivity contribution in [1.82, 2.24) is 0 Å². The Bertz CT molecular complexity index is 378. The maximum Gasteiger partial charge on any atom is 0.220 e. The van der Waals surface area contributed by atoms with Gasteiger partial charge in [-0.2, -0.15) is 0 Å². The standard InChI is InChI=1S/C12H21NO4Si/c1-12(2)16-9-11(17-12)10(8-13(14)15)6-7-18(3,4)5/h10-11H,8-9H2,1-5H3/t10-,11+/m0/s1. The average molecular weight is 271 g/mol. The van der Waals surface area contributed by atoms with E-state index < -0.39 is 19.8 Å². The Morgan fingerprint density at radius 2 is 2.11 bits per heavy atom. The van der Waals surface area contributed by atoms with E-state index in [-0.39, 0.29) is 17.6 Å². The van der Waals surface area contributed by atoms with Crippen molar-refractivity contribution in [2.45, 2.75) is 45.4 Å². The predicted octanol–water partition coefficient (Wildman–Crippen LogP) is 1.91. The molecule has 0 spiro atoms. The normalized spacial score (nSPS) is 24.2. The van der Waals surface area contributed by atoms with Crippen LogP contribution in [0.2, 0.25) is 19.6 Å². The molecule has 102 valence electrons. The first-order valence-corrected chi connectivity index (χ1v) is 9.55. The summed E-state index contributed by atoms with van der Waals surface area (Å²) in [6, 6.07) is 0. The van der Waals surface area contributed by atoms with Gasteiger partial charge in [-0.3, -0.25) is 10.1 Å². The van der Waals surface area contributed by atoms with Gasteiger partial charge in [0.1, 0.15) is 20.1 Å². The van der Waals surface area contributed by atoms with Crippen molar-refractivity contribution >= 4 is 8.07 Å². The van der Waals surface area contributed by atoms with Gasteiger partial charge in [0, 0.05) is 4.92 Å². The van der Waals surface area contributed by atoms with E-state index in [9.17, 15) is 10.1 Å². The molecule has 0 aromatic heterocycles. The quantitative estimate of drug-likeness (QED) is 0.340. The zero-order chi connectivity index (χ0) is 14.0. The highest BCUT2D eigenvalue weighted by atomic mass is 28.3. The van der Waals surface area contributed by atoms with Crippen molar-refractivity contribution < 1.29 is 14.4 Å². The average Bonchev–Trinajstić information content (AvgIpc) is 2.51. The second-order valence-corrected chi connectivity index (χ2v) is 10.8. The first-order chi connectivity index (χ1) is 8.09. The molecule has 0 unspecified atom stereocenters. The molecule has 1 heterocycles. The largest absolute Gasteiger partial charge is 0.348 e. The summed E-state index contributed by atoms with van der Waals surface area (Å²) in [7, 11) is -1.54. The number of hydrogen-bond acceptors (Lipinski definition) is 4. The van der Waals surface area contributed by atoms with Crippen LogP contribution in [-0.4, -0.2) is 38.0 Å². The monoisotopic (exact) mass is 271 g/mol. The first-order valence-electron chi connectivity index (χ1n) is 6.05. The number of rotatable bonds is 3. The van der Waals surface area contributed by atoms with E-state index >= 15 is 0 Å². The molecule has 1 fully saturated rings. The molecule has 0 N–H and O–H groups in total. The SMILES string of the molecule is CC1(C)OC[C@H]([C@@H](C#C[Si](C)(C)C)C[N+](=O)[O-])O1. The van der Waals surface area contributed by atoms with E-state index in [0.717, 1.165) is 0 Å². The van der Waals surface area contributed by atoms with E-state index in [2.05, 4.69) is 31.1 Å². The molecule has 0 bridgehead atoms. The molecule has 1 aliphatic heterocycles. The summed E-state index contributed by atoms with van der Waals surface area (Å²) in [5.74, 6) is 1.97. The van der Waals surface area contributed by atoms with Gasteiger partial charge < -0.3 is 9.47 Å². The third-order valence-electron chi connectivity index (χ3n) is 2.46. The van der Waals surface area contributed by atoms with Crippen molar-refractivity contribution in [3.63, 3.8) is 0 Å². The minimum atomic E-state index is -1.54. The van der Waals surface area contributed by atoms with Crippen molar-refractivity contribution in [2.24, 2.45) is 5.92 Å². The fourth-order valence-corrected chi connectivity index (χ4v) is 2.26. The Morgan fingerprint density at radius 3 is 2.50 bits per heavy atom. The molecular weight excluding hydrogens is 250 g/mol. The minimum absolute atomic E-state index is 0.193. The second-order valence-electron chi connectivity index (χ2n) is 6.01. The topological polar surface area (TPSA) is 61.6 Å². The van der Waals surface area contributed by atoms with Crippen LogP contribution in [0.1, 0.15) is 13.8 Å². The third kappa shape index (κ3) is 5.17. The molecule has 2 atom stereocenters. The van der Waals surface area contributed by atoms with Crippen LogP contribution in [0.4, 0.5) is 0 Å². The molecule has 0 aromatic carbocycles. The lowest BCUT2D eigenvalue weighted by atomic mass is 10.0. The van der Waals surface area contributed by atoms with E-state index in [4.69, 9.17) is 9.47 Å². The zero-order valence-electron chi connectivity index (χ0n) is 11.6. The van der Waals surface area contributed by atoms with Crippen molar-refractivity contribution in [2.75, 3.05) is 13.2 Å². The molecule has 1 saturated heterocycles. The molecular formula is C12H21NO4Si. The Kier molecular flexibility index (Phi) is 4.54. The molecule has 0 aromatic rings. The van der Waals surface area contributed by atoms with Crippen LogP contribution in [0.3, 0.4) is 0 Å². The fourth-order valence-electron chi connectivity index (χ4n) is 1.64. The Hall–Kier alpha value is -0.903. The van der Waals surface area contributed by atoms with E-state index in [1.54, 1.807) is 0 Å². The lowest BCUT2D eigenvalue weighted by Gasteiger charge is -2.19. The minimum Gasteiger partial charge on any atom is -0.348 e. The molecule has 1 rings (SSSR count).